The molecule has 0 saturated heterocycles. The minimum atomic E-state index is -0.272. The van der Waals surface area contributed by atoms with E-state index in [9.17, 15) is 4.39 Å². The van der Waals surface area contributed by atoms with Crippen LogP contribution in [0.2, 0.25) is 0 Å². The van der Waals surface area contributed by atoms with E-state index in [1.165, 1.54) is 49.5 Å². The molecular formula is C48H30FNO. The van der Waals surface area contributed by atoms with Crippen molar-refractivity contribution in [1.82, 2.24) is 0 Å². The van der Waals surface area contributed by atoms with Crippen LogP contribution in [0, 0.1) is 5.82 Å². The maximum atomic E-state index is 14.2. The Labute approximate surface area is 294 Å². The van der Waals surface area contributed by atoms with Crippen molar-refractivity contribution in [3.05, 3.63) is 188 Å². The molecule has 240 valence electrons. The van der Waals surface area contributed by atoms with Gasteiger partial charge in [0.05, 0.1) is 0 Å². The van der Waals surface area contributed by atoms with E-state index in [0.717, 1.165) is 44.5 Å². The molecule has 0 aliphatic heterocycles. The zero-order chi connectivity index (χ0) is 33.9. The number of halogens is 1. The molecule has 0 radical (unpaired) electrons. The van der Waals surface area contributed by atoms with Gasteiger partial charge in [-0.2, -0.15) is 0 Å². The van der Waals surface area contributed by atoms with Crippen molar-refractivity contribution in [3.63, 3.8) is 0 Å². The summed E-state index contributed by atoms with van der Waals surface area (Å²) >= 11 is 0. The highest BCUT2D eigenvalue weighted by molar-refractivity contribution is 6.25. The fourth-order valence-electron chi connectivity index (χ4n) is 7.65. The average molecular weight is 656 g/mol. The number of hydrogen-bond donors (Lipinski definition) is 0. The SMILES string of the molecule is Fc1ccc2oc3ccc(-c4ccc(N(c5ccc(-c6ccccc6)cc5)c5ccc6c7ccccc7c7ccccc7c6c5)cc4)cc3c2c1. The molecule has 10 aromatic rings. The molecule has 0 spiro atoms. The van der Waals surface area contributed by atoms with E-state index in [0.29, 0.717) is 5.58 Å². The van der Waals surface area contributed by atoms with Crippen LogP contribution in [0.4, 0.5) is 21.5 Å². The van der Waals surface area contributed by atoms with Gasteiger partial charge >= 0.3 is 0 Å². The summed E-state index contributed by atoms with van der Waals surface area (Å²) in [6.07, 6.45) is 0. The predicted molar refractivity (Wildman–Crippen MR) is 212 cm³/mol. The third kappa shape index (κ3) is 4.94. The van der Waals surface area contributed by atoms with Crippen molar-refractivity contribution in [3.8, 4) is 22.3 Å². The number of furan rings is 1. The highest BCUT2D eigenvalue weighted by Gasteiger charge is 2.17. The molecule has 0 unspecified atom stereocenters. The fraction of sp³-hybridized carbons (Fsp3) is 0. The number of hydrogen-bond acceptors (Lipinski definition) is 2. The van der Waals surface area contributed by atoms with Gasteiger partial charge in [0.2, 0.25) is 0 Å². The predicted octanol–water partition coefficient (Wildman–Crippen LogP) is 14.0. The van der Waals surface area contributed by atoms with Crippen molar-refractivity contribution < 1.29 is 8.81 Å². The van der Waals surface area contributed by atoms with Crippen molar-refractivity contribution in [1.29, 1.82) is 0 Å². The molecule has 2 nitrogen and oxygen atoms in total. The van der Waals surface area contributed by atoms with Crippen LogP contribution in [-0.2, 0) is 0 Å². The second kappa shape index (κ2) is 11.7. The minimum Gasteiger partial charge on any atom is -0.456 e. The molecule has 0 amide bonds. The van der Waals surface area contributed by atoms with Gasteiger partial charge < -0.3 is 9.32 Å². The smallest absolute Gasteiger partial charge is 0.135 e. The van der Waals surface area contributed by atoms with E-state index in [2.05, 4.69) is 157 Å². The summed E-state index contributed by atoms with van der Waals surface area (Å²) in [5.74, 6) is -0.272. The highest BCUT2D eigenvalue weighted by atomic mass is 19.1. The molecule has 10 rings (SSSR count). The maximum absolute atomic E-state index is 14.2. The second-order valence-electron chi connectivity index (χ2n) is 13.1. The topological polar surface area (TPSA) is 16.4 Å². The second-order valence-corrected chi connectivity index (χ2v) is 13.1. The van der Waals surface area contributed by atoms with Gasteiger partial charge in [0, 0.05) is 27.8 Å². The van der Waals surface area contributed by atoms with E-state index >= 15 is 0 Å². The Morgan fingerprint density at radius 3 is 1.39 bits per heavy atom. The molecule has 3 heteroatoms. The summed E-state index contributed by atoms with van der Waals surface area (Å²) in [4.78, 5) is 2.33. The monoisotopic (exact) mass is 655 g/mol. The van der Waals surface area contributed by atoms with Crippen molar-refractivity contribution in [2.45, 2.75) is 0 Å². The van der Waals surface area contributed by atoms with Gasteiger partial charge in [-0.25, -0.2) is 4.39 Å². The minimum absolute atomic E-state index is 0.272. The first-order valence-electron chi connectivity index (χ1n) is 17.2. The van der Waals surface area contributed by atoms with Gasteiger partial charge in [-0.1, -0.05) is 115 Å². The number of fused-ring (bicyclic) bond motifs is 9. The molecule has 0 fully saturated rings. The van der Waals surface area contributed by atoms with E-state index in [1.807, 2.05) is 12.1 Å². The van der Waals surface area contributed by atoms with Crippen LogP contribution in [0.5, 0.6) is 0 Å². The van der Waals surface area contributed by atoms with Crippen LogP contribution in [0.1, 0.15) is 0 Å². The van der Waals surface area contributed by atoms with Gasteiger partial charge in [0.15, 0.2) is 0 Å². The molecule has 0 bridgehead atoms. The van der Waals surface area contributed by atoms with Gasteiger partial charge in [-0.05, 0) is 121 Å². The van der Waals surface area contributed by atoms with E-state index < -0.39 is 0 Å². The number of anilines is 3. The zero-order valence-corrected chi connectivity index (χ0v) is 27.6. The zero-order valence-electron chi connectivity index (χ0n) is 27.6. The average Bonchev–Trinajstić information content (AvgIpc) is 3.56. The quantitative estimate of drug-likeness (QED) is 0.172. The van der Waals surface area contributed by atoms with Crippen LogP contribution in [-0.4, -0.2) is 0 Å². The fourth-order valence-corrected chi connectivity index (χ4v) is 7.65. The molecular weight excluding hydrogens is 626 g/mol. The maximum Gasteiger partial charge on any atom is 0.135 e. The van der Waals surface area contributed by atoms with Gasteiger partial charge in [0.25, 0.3) is 0 Å². The third-order valence-corrected chi connectivity index (χ3v) is 10.1. The van der Waals surface area contributed by atoms with Crippen LogP contribution in [0.25, 0.3) is 76.5 Å². The summed E-state index contributed by atoms with van der Waals surface area (Å²) in [6, 6.07) is 63.0. The first kappa shape index (κ1) is 29.2. The van der Waals surface area contributed by atoms with Crippen LogP contribution < -0.4 is 4.90 Å². The summed E-state index contributed by atoms with van der Waals surface area (Å²) in [7, 11) is 0. The van der Waals surface area contributed by atoms with Crippen LogP contribution in [0.3, 0.4) is 0 Å². The molecule has 0 aliphatic rings. The largest absolute Gasteiger partial charge is 0.456 e. The summed E-state index contributed by atoms with van der Waals surface area (Å²) in [5.41, 5.74) is 9.11. The van der Waals surface area contributed by atoms with Crippen molar-refractivity contribution >= 4 is 71.3 Å². The Bertz CT molecular complexity index is 2870. The van der Waals surface area contributed by atoms with Gasteiger partial charge in [-0.3, -0.25) is 0 Å². The third-order valence-electron chi connectivity index (χ3n) is 10.1. The number of rotatable bonds is 5. The van der Waals surface area contributed by atoms with Gasteiger partial charge in [0.1, 0.15) is 17.0 Å². The first-order valence-corrected chi connectivity index (χ1v) is 17.2. The standard InChI is InChI=1S/C48H30FNO/c49-35-19-27-48-46(29-35)45-28-34(18-26-47(45)51-48)33-16-22-37(23-17-33)50(36-20-14-32(15-21-36)31-8-2-1-3-9-31)38-24-25-43-41-12-5-4-10-39(41)40-11-6-7-13-42(40)44(43)30-38/h1-30H. The first-order chi connectivity index (χ1) is 25.2. The Morgan fingerprint density at radius 2 is 0.765 bits per heavy atom. The molecule has 51 heavy (non-hydrogen) atoms. The van der Waals surface area contributed by atoms with Crippen LogP contribution >= 0.6 is 0 Å². The Morgan fingerprint density at radius 1 is 0.314 bits per heavy atom. The summed E-state index contributed by atoms with van der Waals surface area (Å²) in [5, 5.41) is 9.17. The van der Waals surface area contributed by atoms with Crippen LogP contribution in [0.15, 0.2) is 186 Å². The lowest BCUT2D eigenvalue weighted by Crippen LogP contribution is -2.10. The Balaban J connectivity index is 1.12. The highest BCUT2D eigenvalue weighted by Crippen LogP contribution is 2.42. The molecule has 9 aromatic carbocycles. The van der Waals surface area contributed by atoms with Crippen molar-refractivity contribution in [2.75, 3.05) is 4.90 Å². The molecule has 0 atom stereocenters. The molecule has 0 saturated carbocycles. The summed E-state index contributed by atoms with van der Waals surface area (Å²) < 4.78 is 20.2. The van der Waals surface area contributed by atoms with Gasteiger partial charge in [-0.15, -0.1) is 0 Å². The normalized spacial score (nSPS) is 11.6. The lowest BCUT2D eigenvalue weighted by molar-refractivity contribution is 0.626. The Hall–Kier alpha value is -6.71. The Kier molecular flexibility index (Phi) is 6.71. The van der Waals surface area contributed by atoms with Crippen molar-refractivity contribution in [2.24, 2.45) is 0 Å². The lowest BCUT2D eigenvalue weighted by Gasteiger charge is -2.26. The number of nitrogens with zero attached hydrogens (tertiary/aromatic N) is 1. The summed E-state index contributed by atoms with van der Waals surface area (Å²) in [6.45, 7) is 0. The molecule has 1 aromatic heterocycles. The molecule has 0 aliphatic carbocycles. The number of benzene rings is 9. The van der Waals surface area contributed by atoms with E-state index in [1.54, 1.807) is 12.1 Å². The molecule has 0 N–H and O–H groups in total. The van der Waals surface area contributed by atoms with E-state index in [-0.39, 0.29) is 5.82 Å². The lowest BCUT2D eigenvalue weighted by atomic mass is 9.94. The molecule has 1 heterocycles. The van der Waals surface area contributed by atoms with E-state index in [4.69, 9.17) is 4.42 Å².